The van der Waals surface area contributed by atoms with Crippen molar-refractivity contribution in [3.63, 3.8) is 0 Å². The fourth-order valence-corrected chi connectivity index (χ4v) is 6.94. The molecule has 0 aliphatic carbocycles. The van der Waals surface area contributed by atoms with Crippen LogP contribution in [-0.4, -0.2) is 13.2 Å². The molecule has 0 radical (unpaired) electrons. The minimum absolute atomic E-state index is 0.781. The Kier molecular flexibility index (Phi) is 12.2. The summed E-state index contributed by atoms with van der Waals surface area (Å²) < 4.78 is 14.3. The summed E-state index contributed by atoms with van der Waals surface area (Å²) in [6.07, 6.45) is 12.5. The van der Waals surface area contributed by atoms with E-state index in [2.05, 4.69) is 61.8 Å². The zero-order valence-electron chi connectivity index (χ0n) is 26.0. The van der Waals surface area contributed by atoms with Crippen molar-refractivity contribution >= 4 is 42.8 Å². The van der Waals surface area contributed by atoms with Gasteiger partial charge in [-0.3, -0.25) is 0 Å². The quantitative estimate of drug-likeness (QED) is 0.0910. The normalized spacial score (nSPS) is 10.8. The van der Waals surface area contributed by atoms with E-state index in [4.69, 9.17) is 9.47 Å². The van der Waals surface area contributed by atoms with Gasteiger partial charge in [0.1, 0.15) is 11.5 Å². The molecule has 2 heterocycles. The van der Waals surface area contributed by atoms with E-state index in [9.17, 15) is 0 Å². The van der Waals surface area contributed by atoms with E-state index in [-0.39, 0.29) is 0 Å². The van der Waals surface area contributed by atoms with E-state index in [0.29, 0.717) is 0 Å². The standard InChI is InChI=1S/C40H42O2S2/c1-3-5-7-9-11-27-41-33-19-13-31(14-20-33)17-23-35-29-37-38-30-36(44-40(38)26-25-39(37)43-35)24-18-32-15-21-34(22-16-32)42-28-12-10-8-6-4-2/h13-16,19-22,25-26,29-30H,3-12,27-28H2,1-2H3. The van der Waals surface area contributed by atoms with Crippen LogP contribution >= 0.6 is 22.7 Å². The van der Waals surface area contributed by atoms with Crippen LogP contribution in [0.1, 0.15) is 98.9 Å². The van der Waals surface area contributed by atoms with Crippen molar-refractivity contribution in [3.05, 3.63) is 93.7 Å². The average molecular weight is 619 g/mol. The molecule has 0 N–H and O–H groups in total. The first-order chi connectivity index (χ1) is 21.7. The maximum atomic E-state index is 5.90. The van der Waals surface area contributed by atoms with Gasteiger partial charge in [-0.15, -0.1) is 22.7 Å². The highest BCUT2D eigenvalue weighted by molar-refractivity contribution is 7.21. The van der Waals surface area contributed by atoms with E-state index in [1.54, 1.807) is 22.7 Å². The number of hydrogen-bond donors (Lipinski definition) is 0. The molecule has 4 heteroatoms. The van der Waals surface area contributed by atoms with Gasteiger partial charge in [-0.1, -0.05) is 88.9 Å². The smallest absolute Gasteiger partial charge is 0.119 e. The first-order valence-electron chi connectivity index (χ1n) is 16.2. The Bertz CT molecular complexity index is 1600. The van der Waals surface area contributed by atoms with Crippen molar-refractivity contribution in [2.75, 3.05) is 13.2 Å². The molecule has 0 bridgehead atoms. The number of benzene rings is 3. The first kappa shape index (κ1) is 31.7. The van der Waals surface area contributed by atoms with Gasteiger partial charge in [0.15, 0.2) is 0 Å². The molecule has 44 heavy (non-hydrogen) atoms. The molecule has 2 nitrogen and oxygen atoms in total. The van der Waals surface area contributed by atoms with Crippen LogP contribution in [0, 0.1) is 23.7 Å². The second kappa shape index (κ2) is 17.0. The minimum atomic E-state index is 0.781. The van der Waals surface area contributed by atoms with Crippen molar-refractivity contribution in [2.45, 2.75) is 78.1 Å². The Balaban J connectivity index is 1.18. The van der Waals surface area contributed by atoms with Gasteiger partial charge in [-0.25, -0.2) is 0 Å². The van der Waals surface area contributed by atoms with Crippen LogP contribution in [0.2, 0.25) is 0 Å². The lowest BCUT2D eigenvalue weighted by atomic mass is 10.1. The molecule has 0 fully saturated rings. The summed E-state index contributed by atoms with van der Waals surface area (Å²) in [7, 11) is 0. The van der Waals surface area contributed by atoms with E-state index >= 15 is 0 Å². The van der Waals surface area contributed by atoms with Crippen LogP contribution in [0.3, 0.4) is 0 Å². The van der Waals surface area contributed by atoms with Gasteiger partial charge in [0.25, 0.3) is 0 Å². The third-order valence-corrected chi connectivity index (χ3v) is 9.63. The topological polar surface area (TPSA) is 18.5 Å². The third kappa shape index (κ3) is 9.40. The third-order valence-electron chi connectivity index (χ3n) is 7.60. The molecule has 0 amide bonds. The van der Waals surface area contributed by atoms with Crippen molar-refractivity contribution in [3.8, 4) is 35.2 Å². The lowest BCUT2D eigenvalue weighted by Crippen LogP contribution is -1.97. The number of rotatable bonds is 14. The van der Waals surface area contributed by atoms with E-state index in [1.807, 2.05) is 48.5 Å². The molecular weight excluding hydrogens is 577 g/mol. The Labute approximate surface area is 271 Å². The molecule has 3 aromatic carbocycles. The molecule has 0 unspecified atom stereocenters. The largest absolute Gasteiger partial charge is 0.494 e. The summed E-state index contributed by atoms with van der Waals surface area (Å²) in [5.74, 6) is 15.3. The summed E-state index contributed by atoms with van der Waals surface area (Å²) in [6, 6.07) is 25.1. The molecule has 0 spiro atoms. The van der Waals surface area contributed by atoms with Crippen LogP contribution in [0.15, 0.2) is 72.8 Å². The lowest BCUT2D eigenvalue weighted by molar-refractivity contribution is 0.304. The van der Waals surface area contributed by atoms with E-state index < -0.39 is 0 Å². The van der Waals surface area contributed by atoms with Crippen molar-refractivity contribution < 1.29 is 9.47 Å². The molecule has 5 rings (SSSR count). The molecule has 0 saturated heterocycles. The van der Waals surface area contributed by atoms with Crippen LogP contribution in [0.4, 0.5) is 0 Å². The van der Waals surface area contributed by atoms with Gasteiger partial charge in [-0.05, 0) is 85.6 Å². The Morgan fingerprint density at radius 3 is 1.30 bits per heavy atom. The fourth-order valence-electron chi connectivity index (χ4n) is 5.08. The maximum Gasteiger partial charge on any atom is 0.119 e. The van der Waals surface area contributed by atoms with Gasteiger partial charge in [0.05, 0.1) is 23.0 Å². The van der Waals surface area contributed by atoms with Crippen LogP contribution in [0.5, 0.6) is 11.5 Å². The summed E-state index contributed by atoms with van der Waals surface area (Å²) in [5.41, 5.74) is 2.00. The minimum Gasteiger partial charge on any atom is -0.494 e. The summed E-state index contributed by atoms with van der Waals surface area (Å²) in [6.45, 7) is 6.04. The van der Waals surface area contributed by atoms with Crippen molar-refractivity contribution in [1.29, 1.82) is 0 Å². The van der Waals surface area contributed by atoms with Gasteiger partial charge in [-0.2, -0.15) is 0 Å². The zero-order chi connectivity index (χ0) is 30.4. The number of thiophene rings is 2. The van der Waals surface area contributed by atoms with Gasteiger partial charge < -0.3 is 9.47 Å². The zero-order valence-corrected chi connectivity index (χ0v) is 27.7. The fraction of sp³-hybridized carbons (Fsp3) is 0.350. The molecule has 5 aromatic rings. The maximum absolute atomic E-state index is 5.90. The monoisotopic (exact) mass is 618 g/mol. The molecule has 0 atom stereocenters. The summed E-state index contributed by atoms with van der Waals surface area (Å²) in [5, 5.41) is 2.50. The lowest BCUT2D eigenvalue weighted by Gasteiger charge is -2.05. The van der Waals surface area contributed by atoms with Crippen LogP contribution in [-0.2, 0) is 0 Å². The van der Waals surface area contributed by atoms with E-state index in [1.165, 1.54) is 71.5 Å². The number of ether oxygens (including phenoxy) is 2. The molecule has 0 saturated carbocycles. The second-order valence-electron chi connectivity index (χ2n) is 11.2. The highest BCUT2D eigenvalue weighted by Crippen LogP contribution is 2.36. The molecular formula is C40H42O2S2. The second-order valence-corrected chi connectivity index (χ2v) is 13.4. The van der Waals surface area contributed by atoms with Gasteiger partial charge in [0, 0.05) is 31.3 Å². The molecule has 226 valence electrons. The molecule has 0 aliphatic heterocycles. The predicted octanol–water partition coefficient (Wildman–Crippen LogP) is 11.6. The van der Waals surface area contributed by atoms with Gasteiger partial charge >= 0.3 is 0 Å². The van der Waals surface area contributed by atoms with Gasteiger partial charge in [0.2, 0.25) is 0 Å². The predicted molar refractivity (Wildman–Crippen MR) is 191 cm³/mol. The van der Waals surface area contributed by atoms with Crippen LogP contribution < -0.4 is 9.47 Å². The van der Waals surface area contributed by atoms with E-state index in [0.717, 1.165) is 58.4 Å². The molecule has 0 aliphatic rings. The number of fused-ring (bicyclic) bond motifs is 3. The number of hydrogen-bond acceptors (Lipinski definition) is 4. The van der Waals surface area contributed by atoms with Crippen LogP contribution in [0.25, 0.3) is 20.2 Å². The SMILES string of the molecule is CCCCCCCOc1ccc(C#Cc2cc3c(ccc4sc(C#Cc5ccc(OCCCCCCC)cc5)cc43)s2)cc1. The first-order valence-corrected chi connectivity index (χ1v) is 17.8. The average Bonchev–Trinajstić information content (AvgIpc) is 3.67. The Morgan fingerprint density at radius 2 is 0.886 bits per heavy atom. The summed E-state index contributed by atoms with van der Waals surface area (Å²) in [4.78, 5) is 2.14. The number of unbranched alkanes of at least 4 members (excludes halogenated alkanes) is 8. The highest BCUT2D eigenvalue weighted by Gasteiger charge is 2.08. The Hall–Kier alpha value is -3.70. The van der Waals surface area contributed by atoms with Crippen molar-refractivity contribution in [1.82, 2.24) is 0 Å². The molecule has 2 aromatic heterocycles. The summed E-state index contributed by atoms with van der Waals surface area (Å²) >= 11 is 3.49. The van der Waals surface area contributed by atoms with Crippen molar-refractivity contribution in [2.24, 2.45) is 0 Å². The highest BCUT2D eigenvalue weighted by atomic mass is 32.1. The Morgan fingerprint density at radius 1 is 0.477 bits per heavy atom.